The zero-order valence-corrected chi connectivity index (χ0v) is 12.4. The Balaban J connectivity index is 2.00. The van der Waals surface area contributed by atoms with Crippen LogP contribution < -0.4 is 15.4 Å². The van der Waals surface area contributed by atoms with Crippen molar-refractivity contribution in [2.45, 2.75) is 13.5 Å². The molecule has 3 rings (SSSR count). The molecule has 0 bridgehead atoms. The molecule has 108 valence electrons. The number of carbonyl (C=O) groups excluding carboxylic acids is 1. The number of rotatable bonds is 2. The number of hydrogen-bond acceptors (Lipinski definition) is 3. The second-order valence-corrected chi connectivity index (χ2v) is 5.45. The van der Waals surface area contributed by atoms with Gasteiger partial charge in [-0.2, -0.15) is 0 Å². The van der Waals surface area contributed by atoms with E-state index in [-0.39, 0.29) is 12.5 Å². The van der Waals surface area contributed by atoms with Crippen molar-refractivity contribution in [2.24, 2.45) is 0 Å². The van der Waals surface area contributed by atoms with Crippen LogP contribution in [0.25, 0.3) is 0 Å². The summed E-state index contributed by atoms with van der Waals surface area (Å²) in [7, 11) is 0. The van der Waals surface area contributed by atoms with Gasteiger partial charge in [0.15, 0.2) is 6.61 Å². The van der Waals surface area contributed by atoms with Crippen LogP contribution >= 0.6 is 11.6 Å². The number of fused-ring (bicyclic) bond motifs is 1. The summed E-state index contributed by atoms with van der Waals surface area (Å²) in [4.78, 5) is 13.9. The third kappa shape index (κ3) is 2.54. The second kappa shape index (κ2) is 5.30. The van der Waals surface area contributed by atoms with Gasteiger partial charge in [0.25, 0.3) is 5.91 Å². The molecule has 0 radical (unpaired) electrons. The molecule has 0 unspecified atom stereocenters. The number of nitrogens with two attached hydrogens (primary N) is 1. The number of halogens is 1. The van der Waals surface area contributed by atoms with Crippen LogP contribution in [-0.2, 0) is 11.3 Å². The van der Waals surface area contributed by atoms with Crippen molar-refractivity contribution in [3.05, 3.63) is 52.5 Å². The van der Waals surface area contributed by atoms with Crippen LogP contribution in [0.15, 0.2) is 36.4 Å². The largest absolute Gasteiger partial charge is 0.482 e. The van der Waals surface area contributed by atoms with Gasteiger partial charge in [-0.1, -0.05) is 23.7 Å². The highest BCUT2D eigenvalue weighted by Crippen LogP contribution is 2.35. The number of nitrogens with zero attached hydrogens (tertiary/aromatic N) is 1. The predicted molar refractivity (Wildman–Crippen MR) is 83.7 cm³/mol. The maximum Gasteiger partial charge on any atom is 0.265 e. The fraction of sp³-hybridized carbons (Fsp3) is 0.188. The lowest BCUT2D eigenvalue weighted by Crippen LogP contribution is -2.38. The van der Waals surface area contributed by atoms with Crippen molar-refractivity contribution in [3.8, 4) is 5.75 Å². The first-order chi connectivity index (χ1) is 10.1. The molecule has 21 heavy (non-hydrogen) atoms. The SMILES string of the molecule is Cc1c(N)cccc1CN1C(=O)COc2ccc(Cl)cc21. The first kappa shape index (κ1) is 13.8. The van der Waals surface area contributed by atoms with E-state index in [9.17, 15) is 4.79 Å². The summed E-state index contributed by atoms with van der Waals surface area (Å²) >= 11 is 6.04. The van der Waals surface area contributed by atoms with Crippen molar-refractivity contribution in [3.63, 3.8) is 0 Å². The maximum absolute atomic E-state index is 12.2. The lowest BCUT2D eigenvalue weighted by molar-refractivity contribution is -0.121. The number of hydrogen-bond donors (Lipinski definition) is 1. The van der Waals surface area contributed by atoms with Crippen molar-refractivity contribution < 1.29 is 9.53 Å². The summed E-state index contributed by atoms with van der Waals surface area (Å²) in [5.74, 6) is 0.576. The van der Waals surface area contributed by atoms with Crippen molar-refractivity contribution >= 4 is 28.9 Å². The molecular formula is C16H15ClN2O2. The summed E-state index contributed by atoms with van der Waals surface area (Å²) in [5.41, 5.74) is 9.34. The van der Waals surface area contributed by atoms with Gasteiger partial charge in [-0.05, 0) is 42.3 Å². The monoisotopic (exact) mass is 302 g/mol. The van der Waals surface area contributed by atoms with E-state index in [1.807, 2.05) is 25.1 Å². The van der Waals surface area contributed by atoms with E-state index >= 15 is 0 Å². The number of nitrogen functional groups attached to an aromatic ring is 1. The van der Waals surface area contributed by atoms with Crippen LogP contribution in [0.3, 0.4) is 0 Å². The van der Waals surface area contributed by atoms with Crippen molar-refractivity contribution in [1.29, 1.82) is 0 Å². The molecular weight excluding hydrogens is 288 g/mol. The molecule has 0 saturated carbocycles. The Labute approximate surface area is 128 Å². The number of ether oxygens (including phenoxy) is 1. The molecule has 1 amide bonds. The van der Waals surface area contributed by atoms with Crippen molar-refractivity contribution in [2.75, 3.05) is 17.2 Å². The van der Waals surface area contributed by atoms with E-state index < -0.39 is 0 Å². The second-order valence-electron chi connectivity index (χ2n) is 5.01. The Hall–Kier alpha value is -2.20. The minimum atomic E-state index is -0.0911. The van der Waals surface area contributed by atoms with Crippen molar-refractivity contribution in [1.82, 2.24) is 0 Å². The Kier molecular flexibility index (Phi) is 3.47. The average Bonchev–Trinajstić information content (AvgIpc) is 2.46. The van der Waals surface area contributed by atoms with Gasteiger partial charge in [-0.25, -0.2) is 0 Å². The molecule has 5 heteroatoms. The fourth-order valence-electron chi connectivity index (χ4n) is 2.39. The molecule has 2 aromatic rings. The number of benzene rings is 2. The molecule has 0 atom stereocenters. The molecule has 2 aromatic carbocycles. The maximum atomic E-state index is 12.2. The smallest absolute Gasteiger partial charge is 0.265 e. The van der Waals surface area contributed by atoms with Gasteiger partial charge in [0.05, 0.1) is 12.2 Å². The zero-order valence-electron chi connectivity index (χ0n) is 11.6. The molecule has 0 fully saturated rings. The van der Waals surface area contributed by atoms with Gasteiger partial charge in [-0.15, -0.1) is 0 Å². The summed E-state index contributed by atoms with van der Waals surface area (Å²) in [6, 6.07) is 11.0. The number of amides is 1. The van der Waals surface area contributed by atoms with Crippen LogP contribution in [0.5, 0.6) is 5.75 Å². The normalized spacial score (nSPS) is 13.8. The molecule has 1 aliphatic rings. The van der Waals surface area contributed by atoms with Crippen LogP contribution in [0, 0.1) is 6.92 Å². The predicted octanol–water partition coefficient (Wildman–Crippen LogP) is 3.16. The highest BCUT2D eigenvalue weighted by Gasteiger charge is 2.26. The molecule has 2 N–H and O–H groups in total. The topological polar surface area (TPSA) is 55.6 Å². The summed E-state index contributed by atoms with van der Waals surface area (Å²) in [5, 5.41) is 0.571. The average molecular weight is 303 g/mol. The van der Waals surface area contributed by atoms with Gasteiger partial charge in [0.1, 0.15) is 5.75 Å². The highest BCUT2D eigenvalue weighted by atomic mass is 35.5. The Morgan fingerprint density at radius 2 is 2.14 bits per heavy atom. The third-order valence-corrected chi connectivity index (χ3v) is 3.92. The van der Waals surface area contributed by atoms with E-state index in [2.05, 4.69) is 0 Å². The third-order valence-electron chi connectivity index (χ3n) is 3.68. The minimum absolute atomic E-state index is 0.0377. The Bertz CT molecular complexity index is 715. The molecule has 0 saturated heterocycles. The van der Waals surface area contributed by atoms with Crippen LogP contribution in [0.1, 0.15) is 11.1 Å². The molecule has 1 heterocycles. The van der Waals surface area contributed by atoms with Gasteiger partial charge in [0.2, 0.25) is 0 Å². The van der Waals surface area contributed by atoms with E-state index in [0.29, 0.717) is 23.0 Å². The molecule has 1 aliphatic heterocycles. The lowest BCUT2D eigenvalue weighted by Gasteiger charge is -2.30. The zero-order chi connectivity index (χ0) is 15.0. The molecule has 0 aliphatic carbocycles. The molecule has 0 spiro atoms. The molecule has 0 aromatic heterocycles. The Morgan fingerprint density at radius 1 is 1.33 bits per heavy atom. The van der Waals surface area contributed by atoms with E-state index in [1.165, 1.54) is 0 Å². The summed E-state index contributed by atoms with van der Waals surface area (Å²) in [6.07, 6.45) is 0. The number of carbonyl (C=O) groups is 1. The minimum Gasteiger partial charge on any atom is -0.482 e. The summed E-state index contributed by atoms with van der Waals surface area (Å²) in [6.45, 7) is 2.44. The van der Waals surface area contributed by atoms with Crippen LogP contribution in [0.4, 0.5) is 11.4 Å². The quantitative estimate of drug-likeness (QED) is 0.867. The Morgan fingerprint density at radius 3 is 2.95 bits per heavy atom. The lowest BCUT2D eigenvalue weighted by atomic mass is 10.1. The van der Waals surface area contributed by atoms with Crippen LogP contribution in [-0.4, -0.2) is 12.5 Å². The van der Waals surface area contributed by atoms with Gasteiger partial charge in [0, 0.05) is 10.7 Å². The van der Waals surface area contributed by atoms with Gasteiger partial charge < -0.3 is 15.4 Å². The highest BCUT2D eigenvalue weighted by molar-refractivity contribution is 6.31. The van der Waals surface area contributed by atoms with Crippen LogP contribution in [0.2, 0.25) is 5.02 Å². The summed E-state index contributed by atoms with van der Waals surface area (Å²) < 4.78 is 5.44. The van der Waals surface area contributed by atoms with E-state index in [1.54, 1.807) is 23.1 Å². The standard InChI is InChI=1S/C16H15ClN2O2/c1-10-11(3-2-4-13(10)18)8-19-14-7-12(17)5-6-15(14)21-9-16(19)20/h2-7H,8-9,18H2,1H3. The molecule has 4 nitrogen and oxygen atoms in total. The van der Waals surface area contributed by atoms with Gasteiger partial charge in [-0.3, -0.25) is 4.79 Å². The van der Waals surface area contributed by atoms with E-state index in [4.69, 9.17) is 22.1 Å². The first-order valence-corrected chi connectivity index (χ1v) is 7.01. The first-order valence-electron chi connectivity index (χ1n) is 6.63. The number of anilines is 2. The van der Waals surface area contributed by atoms with E-state index in [0.717, 1.165) is 16.8 Å². The van der Waals surface area contributed by atoms with Gasteiger partial charge >= 0.3 is 0 Å². The fourth-order valence-corrected chi connectivity index (χ4v) is 2.56.